The summed E-state index contributed by atoms with van der Waals surface area (Å²) in [6.07, 6.45) is 2.99. The lowest BCUT2D eigenvalue weighted by molar-refractivity contribution is -0.118. The molecule has 0 N–H and O–H groups in total. The van der Waals surface area contributed by atoms with Crippen LogP contribution in [-0.4, -0.2) is 84.0 Å². The Morgan fingerprint density at radius 1 is 1.22 bits per heavy atom. The number of nitrogens with zero attached hydrogens (tertiary/aromatic N) is 3. The average molecular weight is 534 g/mol. The fraction of sp³-hybridized carbons (Fsp3) is 0.679. The Bertz CT molecular complexity index is 977. The summed E-state index contributed by atoms with van der Waals surface area (Å²) in [5.41, 5.74) is 0.800. The third-order valence-corrected chi connectivity index (χ3v) is 7.78. The molecule has 0 aliphatic carbocycles. The van der Waals surface area contributed by atoms with E-state index in [1.807, 2.05) is 69.5 Å². The molecule has 2 aliphatic rings. The topological polar surface area (TPSA) is 79.4 Å². The van der Waals surface area contributed by atoms with Crippen LogP contribution in [-0.2, 0) is 14.3 Å². The van der Waals surface area contributed by atoms with Crippen molar-refractivity contribution >= 4 is 35.4 Å². The number of amides is 3. The SMILES string of the molecule is COCCCCN1C(=O)[C@@H](C)Sc2ccc(C(=O)N(C(C)C)[C@@H]3CCCN(C(=O)OC(C)(C)C)C3)cc21. The fourth-order valence-corrected chi connectivity index (χ4v) is 5.98. The van der Waals surface area contributed by atoms with E-state index in [0.29, 0.717) is 31.8 Å². The van der Waals surface area contributed by atoms with Gasteiger partial charge in [0.15, 0.2) is 0 Å². The number of thioether (sulfide) groups is 1. The molecule has 2 heterocycles. The molecule has 0 aromatic heterocycles. The first-order valence-electron chi connectivity index (χ1n) is 13.3. The summed E-state index contributed by atoms with van der Waals surface area (Å²) in [4.78, 5) is 46.1. The van der Waals surface area contributed by atoms with Gasteiger partial charge in [-0.25, -0.2) is 4.79 Å². The van der Waals surface area contributed by atoms with Gasteiger partial charge in [-0.1, -0.05) is 0 Å². The van der Waals surface area contributed by atoms with Crippen molar-refractivity contribution in [3.8, 4) is 0 Å². The Kier molecular flexibility index (Phi) is 9.92. The molecular formula is C28H43N3O5S. The molecule has 2 atom stereocenters. The van der Waals surface area contributed by atoms with Crippen LogP contribution >= 0.6 is 11.8 Å². The Balaban J connectivity index is 1.83. The number of fused-ring (bicyclic) bond motifs is 1. The lowest BCUT2D eigenvalue weighted by Gasteiger charge is -2.41. The predicted octanol–water partition coefficient (Wildman–Crippen LogP) is 5.19. The molecule has 0 spiro atoms. The van der Waals surface area contributed by atoms with Gasteiger partial charge in [-0.3, -0.25) is 9.59 Å². The molecule has 1 fully saturated rings. The Labute approximate surface area is 226 Å². The van der Waals surface area contributed by atoms with Crippen molar-refractivity contribution in [1.29, 1.82) is 0 Å². The van der Waals surface area contributed by atoms with Gasteiger partial charge in [0.2, 0.25) is 5.91 Å². The van der Waals surface area contributed by atoms with Crippen molar-refractivity contribution in [3.63, 3.8) is 0 Å². The number of methoxy groups -OCH3 is 1. The monoisotopic (exact) mass is 533 g/mol. The Hall–Kier alpha value is -2.26. The minimum Gasteiger partial charge on any atom is -0.444 e. The molecule has 8 nitrogen and oxygen atoms in total. The van der Waals surface area contributed by atoms with Gasteiger partial charge in [-0.05, 0) is 85.4 Å². The molecule has 9 heteroatoms. The fourth-order valence-electron chi connectivity index (χ4n) is 4.93. The van der Waals surface area contributed by atoms with Gasteiger partial charge in [0.1, 0.15) is 5.60 Å². The van der Waals surface area contributed by atoms with E-state index < -0.39 is 5.60 Å². The van der Waals surface area contributed by atoms with Crippen LogP contribution in [0, 0.1) is 0 Å². The molecule has 2 aliphatic heterocycles. The van der Waals surface area contributed by atoms with Crippen molar-refractivity contribution in [2.45, 2.75) is 95.1 Å². The minimum absolute atomic E-state index is 0.0479. The number of anilines is 1. The highest BCUT2D eigenvalue weighted by molar-refractivity contribution is 8.01. The van der Waals surface area contributed by atoms with Gasteiger partial charge in [0.05, 0.1) is 17.0 Å². The highest BCUT2D eigenvalue weighted by Gasteiger charge is 2.36. The maximum atomic E-state index is 13.9. The highest BCUT2D eigenvalue weighted by atomic mass is 32.2. The molecule has 3 amide bonds. The Morgan fingerprint density at radius 2 is 1.95 bits per heavy atom. The van der Waals surface area contributed by atoms with Crippen LogP contribution in [0.1, 0.15) is 77.6 Å². The van der Waals surface area contributed by atoms with Crippen LogP contribution in [0.4, 0.5) is 10.5 Å². The number of benzene rings is 1. The summed E-state index contributed by atoms with van der Waals surface area (Å²) in [5.74, 6) is -0.00948. The van der Waals surface area contributed by atoms with Gasteiger partial charge in [0.25, 0.3) is 5.91 Å². The van der Waals surface area contributed by atoms with Crippen LogP contribution in [0.2, 0.25) is 0 Å². The first-order chi connectivity index (χ1) is 17.4. The predicted molar refractivity (Wildman–Crippen MR) is 147 cm³/mol. The summed E-state index contributed by atoms with van der Waals surface area (Å²) in [5, 5.41) is -0.162. The molecule has 1 saturated heterocycles. The van der Waals surface area contributed by atoms with Crippen LogP contribution < -0.4 is 4.90 Å². The van der Waals surface area contributed by atoms with Crippen molar-refractivity contribution < 1.29 is 23.9 Å². The summed E-state index contributed by atoms with van der Waals surface area (Å²) in [6, 6.07) is 5.54. The molecule has 206 valence electrons. The van der Waals surface area contributed by atoms with Crippen LogP contribution in [0.25, 0.3) is 0 Å². The zero-order valence-electron chi connectivity index (χ0n) is 23.4. The first kappa shape index (κ1) is 29.3. The lowest BCUT2D eigenvalue weighted by Crippen LogP contribution is -2.54. The van der Waals surface area contributed by atoms with Crippen LogP contribution in [0.15, 0.2) is 23.1 Å². The molecule has 0 saturated carbocycles. The molecule has 1 aromatic carbocycles. The van der Waals surface area contributed by atoms with Crippen molar-refractivity contribution in [2.24, 2.45) is 0 Å². The van der Waals surface area contributed by atoms with Gasteiger partial charge < -0.3 is 24.2 Å². The minimum atomic E-state index is -0.566. The number of carbonyl (C=O) groups excluding carboxylic acids is 3. The van der Waals surface area contributed by atoms with E-state index in [9.17, 15) is 14.4 Å². The number of piperidine rings is 1. The normalized spacial score (nSPS) is 20.2. The zero-order valence-corrected chi connectivity index (χ0v) is 24.2. The van der Waals surface area contributed by atoms with E-state index in [1.54, 1.807) is 12.0 Å². The smallest absolute Gasteiger partial charge is 0.410 e. The standard InChI is InChI=1S/C28H43N3O5S/c1-19(2)31(22-11-10-14-29(18-22)27(34)36-28(4,5)6)26(33)21-12-13-24-23(17-21)30(15-8-9-16-35-7)25(32)20(3)37-24/h12-13,17,19-20,22H,8-11,14-16,18H2,1-7H3/t20-,22-/m1/s1. The van der Waals surface area contributed by atoms with Gasteiger partial charge in [-0.15, -0.1) is 11.8 Å². The second kappa shape index (κ2) is 12.5. The van der Waals surface area contributed by atoms with E-state index in [-0.39, 0.29) is 35.2 Å². The molecule has 1 aromatic rings. The second-order valence-electron chi connectivity index (χ2n) is 11.2. The lowest BCUT2D eigenvalue weighted by atomic mass is 10.0. The Morgan fingerprint density at radius 3 is 2.59 bits per heavy atom. The average Bonchev–Trinajstić information content (AvgIpc) is 2.82. The molecule has 0 bridgehead atoms. The van der Waals surface area contributed by atoms with E-state index >= 15 is 0 Å². The molecule has 0 radical (unpaired) electrons. The number of hydrogen-bond acceptors (Lipinski definition) is 6. The number of unbranched alkanes of at least 4 members (excludes halogenated alkanes) is 1. The second-order valence-corrected chi connectivity index (χ2v) is 12.5. The van der Waals surface area contributed by atoms with Crippen LogP contribution in [0.5, 0.6) is 0 Å². The number of hydrogen-bond donors (Lipinski definition) is 0. The van der Waals surface area contributed by atoms with E-state index in [0.717, 1.165) is 36.3 Å². The summed E-state index contributed by atoms with van der Waals surface area (Å²) < 4.78 is 10.7. The van der Waals surface area contributed by atoms with E-state index in [4.69, 9.17) is 9.47 Å². The third-order valence-electron chi connectivity index (χ3n) is 6.63. The van der Waals surface area contributed by atoms with Crippen molar-refractivity contribution in [3.05, 3.63) is 23.8 Å². The molecular weight excluding hydrogens is 490 g/mol. The van der Waals surface area contributed by atoms with Crippen molar-refractivity contribution in [2.75, 3.05) is 38.3 Å². The van der Waals surface area contributed by atoms with Gasteiger partial charge in [0, 0.05) is 49.9 Å². The largest absolute Gasteiger partial charge is 0.444 e. The number of carbonyl (C=O) groups is 3. The number of rotatable bonds is 8. The highest BCUT2D eigenvalue weighted by Crippen LogP contribution is 2.40. The van der Waals surface area contributed by atoms with Crippen LogP contribution in [0.3, 0.4) is 0 Å². The maximum absolute atomic E-state index is 13.9. The quantitative estimate of drug-likeness (QED) is 0.428. The van der Waals surface area contributed by atoms with Crippen molar-refractivity contribution in [1.82, 2.24) is 9.80 Å². The third kappa shape index (κ3) is 7.41. The summed E-state index contributed by atoms with van der Waals surface area (Å²) in [7, 11) is 1.68. The molecule has 37 heavy (non-hydrogen) atoms. The van der Waals surface area contributed by atoms with Gasteiger partial charge in [-0.2, -0.15) is 0 Å². The maximum Gasteiger partial charge on any atom is 0.410 e. The molecule has 3 rings (SSSR count). The van der Waals surface area contributed by atoms with E-state index in [1.165, 1.54) is 11.8 Å². The molecule has 0 unspecified atom stereocenters. The summed E-state index contributed by atoms with van der Waals surface area (Å²) >= 11 is 1.54. The summed E-state index contributed by atoms with van der Waals surface area (Å²) in [6.45, 7) is 13.8. The van der Waals surface area contributed by atoms with Gasteiger partial charge >= 0.3 is 6.09 Å². The first-order valence-corrected chi connectivity index (χ1v) is 14.2. The number of ether oxygens (including phenoxy) is 2. The van der Waals surface area contributed by atoms with E-state index in [2.05, 4.69) is 0 Å². The number of likely N-dealkylation sites (tertiary alicyclic amines) is 1. The zero-order chi connectivity index (χ0) is 27.3.